The van der Waals surface area contributed by atoms with Crippen molar-refractivity contribution in [2.24, 2.45) is 0 Å². The Kier molecular flexibility index (Phi) is 11.8. The quantitative estimate of drug-likeness (QED) is 0.317. The average Bonchev–Trinajstić information content (AvgIpc) is 2.77. The molecule has 0 saturated heterocycles. The van der Waals surface area contributed by atoms with Crippen LogP contribution in [-0.4, -0.2) is 33.7 Å². The van der Waals surface area contributed by atoms with Crippen LogP contribution in [0.25, 0.3) is 0 Å². The molecule has 0 fully saturated rings. The first-order chi connectivity index (χ1) is 14.7. The Morgan fingerprint density at radius 1 is 0.581 bits per heavy atom. The van der Waals surface area contributed by atoms with E-state index in [-0.39, 0.29) is 11.1 Å². The summed E-state index contributed by atoms with van der Waals surface area (Å²) in [5, 5.41) is 19.0. The molecule has 0 aliphatic rings. The van der Waals surface area contributed by atoms with Crippen molar-refractivity contribution in [2.45, 2.75) is 13.8 Å². The number of aliphatic carboxylic acids is 2. The molecule has 0 aliphatic carbocycles. The summed E-state index contributed by atoms with van der Waals surface area (Å²) in [4.78, 5) is 19.0. The normalized spacial score (nSPS) is 9.39. The molecule has 0 spiro atoms. The zero-order chi connectivity index (χ0) is 23.2. The molecule has 3 rings (SSSR count). The van der Waals surface area contributed by atoms with Gasteiger partial charge in [0.05, 0.1) is 11.9 Å². The number of rotatable bonds is 5. The predicted molar refractivity (Wildman–Crippen MR) is 124 cm³/mol. The van der Waals surface area contributed by atoms with Crippen LogP contribution in [0.3, 0.4) is 0 Å². The monoisotopic (exact) mass is 610 g/mol. The van der Waals surface area contributed by atoms with Crippen LogP contribution in [0.15, 0.2) is 115 Å². The van der Waals surface area contributed by atoms with Crippen molar-refractivity contribution in [2.75, 3.05) is 0 Å². The van der Waals surface area contributed by atoms with Crippen LogP contribution < -0.4 is 20.0 Å². The molecular weight excluding hydrogens is 585 g/mol. The van der Waals surface area contributed by atoms with Gasteiger partial charge in [0.2, 0.25) is 0 Å². The van der Waals surface area contributed by atoms with Gasteiger partial charge in [0.15, 0.2) is 0 Å². The first kappa shape index (κ1) is 26.0. The second-order valence-corrected chi connectivity index (χ2v) is 15.1. The number of carboxylic acid groups (broad SMARTS) is 2. The van der Waals surface area contributed by atoms with Crippen LogP contribution in [0.5, 0.6) is 0 Å². The Bertz CT molecular complexity index is 842. The third kappa shape index (κ3) is 10.0. The first-order valence-electron chi connectivity index (χ1n) is 9.43. The Balaban J connectivity index is 0.000000333. The molecule has 0 aromatic heterocycles. The molecule has 0 amide bonds. The number of hydrogen-bond donors (Lipinski definition) is 0. The molecule has 160 valence electrons. The second-order valence-electron chi connectivity index (χ2n) is 6.48. The third-order valence-corrected chi connectivity index (χ3v) is 13.2. The van der Waals surface area contributed by atoms with Gasteiger partial charge in [-0.1, -0.05) is 13.2 Å². The third-order valence-electron chi connectivity index (χ3n) is 3.74. The topological polar surface area (TPSA) is 80.3 Å². The van der Waals surface area contributed by atoms with Gasteiger partial charge < -0.3 is 19.8 Å². The zero-order valence-corrected chi connectivity index (χ0v) is 21.1. The van der Waals surface area contributed by atoms with E-state index in [2.05, 4.69) is 104 Å². The van der Waals surface area contributed by atoms with Crippen LogP contribution in [0.1, 0.15) is 13.8 Å². The standard InChI is InChI=1S/3C6H5.2C4H6O2.Bi/c3*1-2-4-6-5-3-1;2*1-3(2)4(5)6;/h3*1-5H;2*1H2,2H3,(H,5,6);/p-2. The number of carbonyl (C=O) groups excluding carboxylic acids is 2. The van der Waals surface area contributed by atoms with Gasteiger partial charge in [0, 0.05) is 0 Å². The molecule has 0 heterocycles. The molecule has 3 aromatic rings. The van der Waals surface area contributed by atoms with Crippen molar-refractivity contribution in [3.63, 3.8) is 0 Å². The van der Waals surface area contributed by atoms with E-state index in [4.69, 9.17) is 0 Å². The Hall–Kier alpha value is -3.04. The van der Waals surface area contributed by atoms with E-state index >= 15 is 0 Å². The molecular formula is C26H25BiO4-2. The summed E-state index contributed by atoms with van der Waals surface area (Å²) in [6, 6.07) is 33.0. The minimum absolute atomic E-state index is 0.0648. The van der Waals surface area contributed by atoms with Crippen LogP contribution in [0.2, 0.25) is 0 Å². The van der Waals surface area contributed by atoms with Crippen molar-refractivity contribution in [1.82, 2.24) is 0 Å². The van der Waals surface area contributed by atoms with Crippen LogP contribution in [-0.2, 0) is 9.59 Å². The summed E-state index contributed by atoms with van der Waals surface area (Å²) in [6.45, 7) is 8.95. The van der Waals surface area contributed by atoms with E-state index in [0.29, 0.717) is 0 Å². The van der Waals surface area contributed by atoms with E-state index < -0.39 is 33.7 Å². The summed E-state index contributed by atoms with van der Waals surface area (Å²) in [5.74, 6) is -2.37. The van der Waals surface area contributed by atoms with Crippen molar-refractivity contribution < 1.29 is 19.8 Å². The van der Waals surface area contributed by atoms with Gasteiger partial charge >= 0.3 is 123 Å². The molecule has 0 bridgehead atoms. The Labute approximate surface area is 191 Å². The van der Waals surface area contributed by atoms with E-state index in [1.165, 1.54) is 23.7 Å². The van der Waals surface area contributed by atoms with Gasteiger partial charge in [-0.3, -0.25) is 0 Å². The van der Waals surface area contributed by atoms with Crippen molar-refractivity contribution in [3.05, 3.63) is 115 Å². The number of carbonyl (C=O) groups is 2. The molecule has 5 heteroatoms. The van der Waals surface area contributed by atoms with Gasteiger partial charge in [-0.25, -0.2) is 0 Å². The maximum absolute atomic E-state index is 9.49. The van der Waals surface area contributed by atoms with Crippen molar-refractivity contribution in [3.8, 4) is 0 Å². The van der Waals surface area contributed by atoms with Gasteiger partial charge in [0.25, 0.3) is 0 Å². The van der Waals surface area contributed by atoms with E-state index in [0.717, 1.165) is 0 Å². The second kappa shape index (κ2) is 14.1. The fourth-order valence-corrected chi connectivity index (χ4v) is 11.1. The minimum atomic E-state index is -2.06. The van der Waals surface area contributed by atoms with Crippen LogP contribution in [0.4, 0.5) is 0 Å². The summed E-state index contributed by atoms with van der Waals surface area (Å²) >= 11 is -2.06. The molecule has 0 atom stereocenters. The Morgan fingerprint density at radius 2 is 0.774 bits per heavy atom. The van der Waals surface area contributed by atoms with Gasteiger partial charge in [-0.05, 0) is 25.0 Å². The fraction of sp³-hybridized carbons (Fsp3) is 0.0769. The molecule has 0 radical (unpaired) electrons. The first-order valence-corrected chi connectivity index (χ1v) is 14.6. The molecule has 4 nitrogen and oxygen atoms in total. The molecule has 3 aromatic carbocycles. The molecule has 0 saturated carbocycles. The maximum atomic E-state index is 9.49. The van der Waals surface area contributed by atoms with E-state index in [9.17, 15) is 19.8 Å². The number of benzene rings is 3. The van der Waals surface area contributed by atoms with Gasteiger partial charge in [-0.2, -0.15) is 0 Å². The summed E-state index contributed by atoms with van der Waals surface area (Å²) < 4.78 is 4.61. The van der Waals surface area contributed by atoms with Gasteiger partial charge in [0.1, 0.15) is 0 Å². The van der Waals surface area contributed by atoms with Crippen LogP contribution in [0, 0.1) is 0 Å². The summed E-state index contributed by atoms with van der Waals surface area (Å²) in [7, 11) is 0. The molecule has 0 unspecified atom stereocenters. The zero-order valence-electron chi connectivity index (χ0n) is 17.7. The summed E-state index contributed by atoms with van der Waals surface area (Å²) in [5.41, 5.74) is 0.130. The predicted octanol–water partition coefficient (Wildman–Crippen LogP) is 0.828. The Morgan fingerprint density at radius 3 is 0.935 bits per heavy atom. The number of hydrogen-bond acceptors (Lipinski definition) is 4. The molecule has 31 heavy (non-hydrogen) atoms. The molecule has 0 N–H and O–H groups in total. The van der Waals surface area contributed by atoms with Crippen molar-refractivity contribution in [1.29, 1.82) is 0 Å². The SMILES string of the molecule is C=C(C)C(=O)[O-].C=C(C)C(=O)[O-].c1cc[c]([Bi]([c]2ccccc2)[c]2ccccc2)cc1. The van der Waals surface area contributed by atoms with E-state index in [1.807, 2.05) is 0 Å². The molecule has 0 aliphatic heterocycles. The van der Waals surface area contributed by atoms with Crippen molar-refractivity contribution >= 4 is 43.5 Å². The fourth-order valence-electron chi connectivity index (χ4n) is 2.18. The van der Waals surface area contributed by atoms with E-state index in [1.54, 1.807) is 0 Å². The number of carboxylic acids is 2. The average molecular weight is 610 g/mol. The van der Waals surface area contributed by atoms with Gasteiger partial charge in [-0.15, -0.1) is 0 Å². The summed E-state index contributed by atoms with van der Waals surface area (Å²) in [6.07, 6.45) is 0. The van der Waals surface area contributed by atoms with Crippen LogP contribution >= 0.6 is 0 Å².